The molecule has 13 heteroatoms. The van der Waals surface area contributed by atoms with E-state index in [2.05, 4.69) is 10.3 Å². The highest BCUT2D eigenvalue weighted by molar-refractivity contribution is 7.92. The normalized spacial score (nSPS) is 14.3. The Kier molecular flexibility index (Phi) is 7.32. The highest BCUT2D eigenvalue weighted by Crippen LogP contribution is 2.43. The first kappa shape index (κ1) is 30.5. The molecule has 0 radical (unpaired) electrons. The molecule has 10 nitrogen and oxygen atoms in total. The molecular formula is C34H29F2N5O5S. The topological polar surface area (TPSA) is 131 Å². The van der Waals surface area contributed by atoms with Gasteiger partial charge in [-0.1, -0.05) is 12.1 Å². The molecule has 1 aliphatic heterocycles. The van der Waals surface area contributed by atoms with Gasteiger partial charge in [-0.15, -0.1) is 0 Å². The number of pyridine rings is 2. The molecule has 0 bridgehead atoms. The number of halogens is 2. The molecule has 2 aromatic carbocycles. The maximum atomic E-state index is 15.0. The molecular weight excluding hydrogens is 628 g/mol. The molecule has 4 aromatic heterocycles. The van der Waals surface area contributed by atoms with Crippen molar-refractivity contribution in [1.82, 2.24) is 19.9 Å². The molecule has 1 amide bonds. The predicted octanol–water partition coefficient (Wildman–Crippen LogP) is 5.69. The highest BCUT2D eigenvalue weighted by atomic mass is 32.2. The predicted molar refractivity (Wildman–Crippen MR) is 175 cm³/mol. The standard InChI is InChI=1S/C34H29F2N5O5S/c1-37-33(43)29-24-16-23(32(40(2)47(3,44)45)39-34(24)46-31(29)18-7-10-20(35)11-8-18)26-12-9-19-15-21(13-14-42)41-27-6-4-5-25(36)22(27)17-28(41)30(19)38-26/h4-12,16-17,21,42H,13-15H2,1-3H3,(H,37,43). The van der Waals surface area contributed by atoms with Crippen LogP contribution < -0.4 is 9.62 Å². The fourth-order valence-electron chi connectivity index (χ4n) is 6.30. The fourth-order valence-corrected chi connectivity index (χ4v) is 6.75. The quantitative estimate of drug-likeness (QED) is 0.226. The summed E-state index contributed by atoms with van der Waals surface area (Å²) in [7, 11) is -1.01. The van der Waals surface area contributed by atoms with Gasteiger partial charge in [-0.2, -0.15) is 4.98 Å². The van der Waals surface area contributed by atoms with E-state index in [0.717, 1.165) is 16.1 Å². The highest BCUT2D eigenvalue weighted by Gasteiger charge is 2.31. The number of sulfonamides is 1. The molecule has 1 aliphatic rings. The summed E-state index contributed by atoms with van der Waals surface area (Å²) in [5.74, 6) is -1.19. The third-order valence-electron chi connectivity index (χ3n) is 8.63. The van der Waals surface area contributed by atoms with Crippen LogP contribution >= 0.6 is 0 Å². The first-order valence-electron chi connectivity index (χ1n) is 14.8. The number of aromatic nitrogens is 3. The summed E-state index contributed by atoms with van der Waals surface area (Å²) >= 11 is 0. The molecule has 7 rings (SSSR count). The molecule has 0 saturated carbocycles. The summed E-state index contributed by atoms with van der Waals surface area (Å²) in [6, 6.07) is 17.1. The maximum Gasteiger partial charge on any atom is 0.255 e. The summed E-state index contributed by atoms with van der Waals surface area (Å²) < 4.78 is 63.5. The molecule has 2 N–H and O–H groups in total. The van der Waals surface area contributed by atoms with E-state index in [9.17, 15) is 27.1 Å². The lowest BCUT2D eigenvalue weighted by atomic mass is 9.95. The van der Waals surface area contributed by atoms with Crippen molar-refractivity contribution >= 4 is 43.8 Å². The summed E-state index contributed by atoms with van der Waals surface area (Å²) in [4.78, 5) is 22.9. The number of nitrogens with zero attached hydrogens (tertiary/aromatic N) is 4. The van der Waals surface area contributed by atoms with E-state index in [0.29, 0.717) is 57.3 Å². The van der Waals surface area contributed by atoms with Gasteiger partial charge in [0.25, 0.3) is 5.91 Å². The van der Waals surface area contributed by atoms with Crippen LogP contribution in [0.25, 0.3) is 56.0 Å². The van der Waals surface area contributed by atoms with Gasteiger partial charge in [0.1, 0.15) is 17.4 Å². The van der Waals surface area contributed by atoms with Crippen molar-refractivity contribution in [2.45, 2.75) is 18.9 Å². The van der Waals surface area contributed by atoms with Crippen LogP contribution in [0.5, 0.6) is 0 Å². The van der Waals surface area contributed by atoms with Gasteiger partial charge in [-0.05, 0) is 73.0 Å². The maximum absolute atomic E-state index is 15.0. The molecule has 0 fully saturated rings. The number of carbonyl (C=O) groups is 1. The van der Waals surface area contributed by atoms with Gasteiger partial charge in [0.05, 0.1) is 39.8 Å². The summed E-state index contributed by atoms with van der Waals surface area (Å²) in [5, 5.41) is 13.2. The minimum atomic E-state index is -3.83. The van der Waals surface area contributed by atoms with Gasteiger partial charge in [0, 0.05) is 43.3 Å². The Morgan fingerprint density at radius 1 is 1.09 bits per heavy atom. The number of fused-ring (bicyclic) bond motifs is 6. The van der Waals surface area contributed by atoms with Gasteiger partial charge in [-0.25, -0.2) is 22.2 Å². The second kappa shape index (κ2) is 11.3. The van der Waals surface area contributed by atoms with Crippen molar-refractivity contribution in [3.05, 3.63) is 89.5 Å². The Balaban J connectivity index is 1.49. The molecule has 0 spiro atoms. The van der Waals surface area contributed by atoms with Gasteiger partial charge >= 0.3 is 0 Å². The molecule has 1 unspecified atom stereocenters. The van der Waals surface area contributed by atoms with E-state index >= 15 is 0 Å². The number of nitrogens with one attached hydrogen (secondary N) is 1. The van der Waals surface area contributed by atoms with Crippen molar-refractivity contribution in [3.63, 3.8) is 0 Å². The van der Waals surface area contributed by atoms with Crippen LogP contribution in [0.15, 0.2) is 71.1 Å². The third-order valence-corrected chi connectivity index (χ3v) is 9.80. The van der Waals surface area contributed by atoms with E-state index in [4.69, 9.17) is 9.40 Å². The van der Waals surface area contributed by atoms with Gasteiger partial charge < -0.3 is 19.4 Å². The monoisotopic (exact) mass is 657 g/mol. The number of rotatable bonds is 7. The number of hydrogen-bond donors (Lipinski definition) is 2. The molecule has 0 saturated heterocycles. The van der Waals surface area contributed by atoms with Crippen molar-refractivity contribution in [2.24, 2.45) is 0 Å². The first-order valence-corrected chi connectivity index (χ1v) is 16.7. The number of amides is 1. The Morgan fingerprint density at radius 3 is 2.55 bits per heavy atom. The molecule has 6 aromatic rings. The lowest BCUT2D eigenvalue weighted by Gasteiger charge is -2.28. The zero-order valence-electron chi connectivity index (χ0n) is 25.6. The summed E-state index contributed by atoms with van der Waals surface area (Å²) in [6.45, 7) is -0.0505. The van der Waals surface area contributed by atoms with Crippen molar-refractivity contribution in [2.75, 3.05) is 31.3 Å². The zero-order chi connectivity index (χ0) is 33.2. The van der Waals surface area contributed by atoms with E-state index in [-0.39, 0.29) is 41.3 Å². The van der Waals surface area contributed by atoms with Crippen molar-refractivity contribution in [3.8, 4) is 34.0 Å². The fraction of sp³-hybridized carbons (Fsp3) is 0.206. The molecule has 47 heavy (non-hydrogen) atoms. The number of anilines is 1. The number of hydrogen-bond acceptors (Lipinski definition) is 7. The smallest absolute Gasteiger partial charge is 0.255 e. The second-order valence-corrected chi connectivity index (χ2v) is 13.5. The number of benzene rings is 2. The lowest BCUT2D eigenvalue weighted by molar-refractivity contribution is 0.0964. The van der Waals surface area contributed by atoms with Crippen LogP contribution in [0.1, 0.15) is 28.4 Å². The lowest BCUT2D eigenvalue weighted by Crippen LogP contribution is -2.26. The molecule has 240 valence electrons. The van der Waals surface area contributed by atoms with E-state index in [1.807, 2.05) is 16.7 Å². The Morgan fingerprint density at radius 2 is 1.85 bits per heavy atom. The van der Waals surface area contributed by atoms with E-state index < -0.39 is 21.7 Å². The van der Waals surface area contributed by atoms with Gasteiger partial charge in [-0.3, -0.25) is 9.10 Å². The van der Waals surface area contributed by atoms with Crippen molar-refractivity contribution in [1.29, 1.82) is 0 Å². The van der Waals surface area contributed by atoms with E-state index in [1.54, 1.807) is 24.3 Å². The largest absolute Gasteiger partial charge is 0.437 e. The van der Waals surface area contributed by atoms with Crippen LogP contribution in [0.3, 0.4) is 0 Å². The minimum absolute atomic E-state index is 0.00224. The average molecular weight is 658 g/mol. The molecule has 1 atom stereocenters. The molecule has 0 aliphatic carbocycles. The first-order chi connectivity index (χ1) is 22.5. The van der Waals surface area contributed by atoms with Crippen LogP contribution in [0.2, 0.25) is 0 Å². The number of furan rings is 1. The van der Waals surface area contributed by atoms with Crippen LogP contribution in [-0.2, 0) is 16.4 Å². The van der Waals surface area contributed by atoms with E-state index in [1.165, 1.54) is 44.4 Å². The Labute approximate surface area is 268 Å². The SMILES string of the molecule is CNC(=O)c1c(-c2ccc(F)cc2)oc2nc(N(C)S(C)(=O)=O)c(-c3ccc4c(n3)-c3cc5c(F)cccc5n3C(CCO)C4)cc12. The van der Waals surface area contributed by atoms with Gasteiger partial charge in [0.2, 0.25) is 15.7 Å². The second-order valence-electron chi connectivity index (χ2n) is 11.5. The number of aliphatic hydroxyl groups is 1. The minimum Gasteiger partial charge on any atom is -0.437 e. The molecule has 5 heterocycles. The summed E-state index contributed by atoms with van der Waals surface area (Å²) in [6.07, 6.45) is 2.03. The van der Waals surface area contributed by atoms with Crippen LogP contribution in [0.4, 0.5) is 14.6 Å². The van der Waals surface area contributed by atoms with Gasteiger partial charge in [0.15, 0.2) is 5.82 Å². The van der Waals surface area contributed by atoms with Crippen LogP contribution in [0, 0.1) is 11.6 Å². The Hall–Kier alpha value is -5.14. The Bertz CT molecular complexity index is 2330. The third kappa shape index (κ3) is 5.02. The number of aliphatic hydroxyl groups excluding tert-OH is 1. The van der Waals surface area contributed by atoms with Crippen molar-refractivity contribution < 1.29 is 31.5 Å². The average Bonchev–Trinajstić information content (AvgIpc) is 3.63. The summed E-state index contributed by atoms with van der Waals surface area (Å²) in [5.41, 5.74) is 4.01. The zero-order valence-corrected chi connectivity index (χ0v) is 26.4. The van der Waals surface area contributed by atoms with Crippen LogP contribution in [-0.4, -0.2) is 60.9 Å². The number of carbonyl (C=O) groups excluding carboxylic acids is 1.